The lowest BCUT2D eigenvalue weighted by molar-refractivity contribution is -0.135. The fraction of sp³-hybridized carbons (Fsp3) is 0.379. The fourth-order valence-corrected chi connectivity index (χ4v) is 4.77. The number of allylic oxidation sites excluding steroid dienone is 1. The average Bonchev–Trinajstić information content (AvgIpc) is 2.87. The number of fused-ring (bicyclic) bond motifs is 2. The van der Waals surface area contributed by atoms with E-state index in [1.54, 1.807) is 43.3 Å². The van der Waals surface area contributed by atoms with Gasteiger partial charge in [-0.3, -0.25) is 9.59 Å². The van der Waals surface area contributed by atoms with Gasteiger partial charge in [-0.05, 0) is 61.9 Å². The third kappa shape index (κ3) is 5.90. The molecule has 2 aliphatic heterocycles. The van der Waals surface area contributed by atoms with Crippen molar-refractivity contribution in [3.8, 4) is 11.5 Å². The summed E-state index contributed by atoms with van der Waals surface area (Å²) in [5.74, 6) is -2.20. The van der Waals surface area contributed by atoms with Gasteiger partial charge in [-0.2, -0.15) is 0 Å². The number of ketones is 1. The first-order valence-electron chi connectivity index (χ1n) is 12.5. The number of esters is 3. The summed E-state index contributed by atoms with van der Waals surface area (Å²) in [6.45, 7) is 1.76. The summed E-state index contributed by atoms with van der Waals surface area (Å²) in [7, 11) is 1.29. The Kier molecular flexibility index (Phi) is 8.06. The Morgan fingerprint density at radius 2 is 1.81 bits per heavy atom. The van der Waals surface area contributed by atoms with Crippen LogP contribution in [0.2, 0.25) is 0 Å². The van der Waals surface area contributed by atoms with E-state index in [4.69, 9.17) is 14.2 Å². The summed E-state index contributed by atoms with van der Waals surface area (Å²) in [6.07, 6.45) is 6.38. The molecule has 0 spiro atoms. The van der Waals surface area contributed by atoms with Gasteiger partial charge in [0.2, 0.25) is 0 Å². The molecule has 8 nitrogen and oxygen atoms in total. The SMILES string of the molecule is COC(=O)c1ccc([C@@H]2CC(=O)Oc3cc4c(c(O)c32)C(=O)O[C@H](C)CCCC(=O)CCCC=C4)cc1. The van der Waals surface area contributed by atoms with Crippen LogP contribution in [-0.2, 0) is 19.1 Å². The first-order chi connectivity index (χ1) is 17.8. The highest BCUT2D eigenvalue weighted by molar-refractivity contribution is 5.98. The molecule has 4 rings (SSSR count). The molecule has 0 bridgehead atoms. The molecule has 0 saturated carbocycles. The molecule has 37 heavy (non-hydrogen) atoms. The number of carbonyl (C=O) groups is 4. The van der Waals surface area contributed by atoms with Crippen molar-refractivity contribution in [2.75, 3.05) is 7.11 Å². The first kappa shape index (κ1) is 26.1. The van der Waals surface area contributed by atoms with Crippen LogP contribution in [0, 0.1) is 0 Å². The maximum atomic E-state index is 13.3. The molecule has 0 amide bonds. The molecule has 0 radical (unpaired) electrons. The van der Waals surface area contributed by atoms with Gasteiger partial charge in [0.15, 0.2) is 0 Å². The van der Waals surface area contributed by atoms with E-state index in [2.05, 4.69) is 0 Å². The van der Waals surface area contributed by atoms with E-state index < -0.39 is 29.9 Å². The number of ether oxygens (including phenoxy) is 3. The van der Waals surface area contributed by atoms with E-state index in [-0.39, 0.29) is 29.3 Å². The van der Waals surface area contributed by atoms with Crippen LogP contribution in [0.5, 0.6) is 11.5 Å². The van der Waals surface area contributed by atoms with Crippen LogP contribution in [0.4, 0.5) is 0 Å². The predicted molar refractivity (Wildman–Crippen MR) is 135 cm³/mol. The Morgan fingerprint density at radius 1 is 1.08 bits per heavy atom. The zero-order valence-electron chi connectivity index (χ0n) is 21.0. The van der Waals surface area contributed by atoms with E-state index in [0.29, 0.717) is 60.8 Å². The van der Waals surface area contributed by atoms with Crippen molar-refractivity contribution >= 4 is 29.8 Å². The van der Waals surface area contributed by atoms with E-state index in [1.165, 1.54) is 7.11 Å². The van der Waals surface area contributed by atoms with Crippen LogP contribution in [0.3, 0.4) is 0 Å². The molecule has 0 aromatic heterocycles. The van der Waals surface area contributed by atoms with Crippen molar-refractivity contribution < 1.29 is 38.5 Å². The highest BCUT2D eigenvalue weighted by Gasteiger charge is 2.35. The maximum absolute atomic E-state index is 13.3. The Morgan fingerprint density at radius 3 is 2.54 bits per heavy atom. The standard InChI is InChI=1S/C29H30O8/c1-17-7-6-10-21(30)9-5-3-4-8-20-15-23-26(27(32)25(20)29(34)36-17)22(16-24(31)37-23)18-11-13-19(14-12-18)28(33)35-2/h4,8,11-15,17,22,32H,3,5-7,9-10,16H2,1-2H3/t17-,22+/m1/s1. The number of Topliss-reactive ketones (excluding diaryl/α,β-unsaturated/α-hetero) is 1. The second-order valence-electron chi connectivity index (χ2n) is 9.39. The normalized spacial score (nSPS) is 20.6. The lowest BCUT2D eigenvalue weighted by atomic mass is 9.83. The predicted octanol–water partition coefficient (Wildman–Crippen LogP) is 5.10. The summed E-state index contributed by atoms with van der Waals surface area (Å²) in [6, 6.07) is 8.11. The van der Waals surface area contributed by atoms with E-state index in [9.17, 15) is 24.3 Å². The molecule has 2 aliphatic rings. The highest BCUT2D eigenvalue weighted by Crippen LogP contribution is 2.47. The smallest absolute Gasteiger partial charge is 0.342 e. The summed E-state index contributed by atoms with van der Waals surface area (Å²) in [4.78, 5) is 49.7. The van der Waals surface area contributed by atoms with Crippen molar-refractivity contribution in [3.05, 3.63) is 64.2 Å². The Balaban J connectivity index is 1.78. The van der Waals surface area contributed by atoms with Crippen LogP contribution in [0.25, 0.3) is 6.08 Å². The molecule has 0 aliphatic carbocycles. The topological polar surface area (TPSA) is 116 Å². The Bertz CT molecular complexity index is 1240. The fourth-order valence-electron chi connectivity index (χ4n) is 4.77. The number of cyclic esters (lactones) is 1. The molecule has 2 aromatic rings. The maximum Gasteiger partial charge on any atom is 0.342 e. The van der Waals surface area contributed by atoms with Crippen LogP contribution < -0.4 is 4.74 Å². The zero-order valence-corrected chi connectivity index (χ0v) is 21.0. The third-order valence-corrected chi connectivity index (χ3v) is 6.71. The zero-order chi connectivity index (χ0) is 26.5. The van der Waals surface area contributed by atoms with Crippen LogP contribution in [0.1, 0.15) is 95.2 Å². The van der Waals surface area contributed by atoms with Gasteiger partial charge in [-0.1, -0.05) is 24.3 Å². The van der Waals surface area contributed by atoms with Crippen molar-refractivity contribution in [2.45, 2.75) is 63.9 Å². The molecule has 2 heterocycles. The van der Waals surface area contributed by atoms with Crippen molar-refractivity contribution in [1.29, 1.82) is 0 Å². The van der Waals surface area contributed by atoms with E-state index in [1.807, 2.05) is 6.08 Å². The first-order valence-corrected chi connectivity index (χ1v) is 12.5. The minimum atomic E-state index is -0.687. The van der Waals surface area contributed by atoms with Gasteiger partial charge >= 0.3 is 17.9 Å². The molecule has 0 saturated heterocycles. The quantitative estimate of drug-likeness (QED) is 0.442. The molecular weight excluding hydrogens is 476 g/mol. The monoisotopic (exact) mass is 506 g/mol. The molecule has 0 unspecified atom stereocenters. The van der Waals surface area contributed by atoms with E-state index >= 15 is 0 Å². The average molecular weight is 507 g/mol. The number of phenols is 1. The summed E-state index contributed by atoms with van der Waals surface area (Å²) >= 11 is 0. The molecule has 0 fully saturated rings. The van der Waals surface area contributed by atoms with Crippen molar-refractivity contribution in [3.63, 3.8) is 0 Å². The Labute approximate surface area is 215 Å². The van der Waals surface area contributed by atoms with Gasteiger partial charge in [0.1, 0.15) is 22.8 Å². The third-order valence-electron chi connectivity index (χ3n) is 6.71. The number of hydrogen-bond donors (Lipinski definition) is 1. The second-order valence-corrected chi connectivity index (χ2v) is 9.39. The lowest BCUT2D eigenvalue weighted by Crippen LogP contribution is -2.23. The van der Waals surface area contributed by atoms with Gasteiger partial charge in [-0.15, -0.1) is 0 Å². The van der Waals surface area contributed by atoms with Crippen LogP contribution in [-0.4, -0.2) is 42.0 Å². The number of aromatic hydroxyl groups is 1. The van der Waals surface area contributed by atoms with Gasteiger partial charge < -0.3 is 19.3 Å². The number of benzene rings is 2. The molecule has 2 atom stereocenters. The molecular formula is C29H30O8. The number of methoxy groups -OCH3 is 1. The summed E-state index contributed by atoms with van der Waals surface area (Å²) < 4.78 is 15.9. The number of rotatable bonds is 2. The molecule has 8 heteroatoms. The van der Waals surface area contributed by atoms with E-state index in [0.717, 1.165) is 0 Å². The van der Waals surface area contributed by atoms with Crippen molar-refractivity contribution in [1.82, 2.24) is 0 Å². The minimum Gasteiger partial charge on any atom is -0.507 e. The van der Waals surface area contributed by atoms with Gasteiger partial charge in [0.05, 0.1) is 25.2 Å². The van der Waals surface area contributed by atoms with Gasteiger partial charge in [0, 0.05) is 24.3 Å². The van der Waals surface area contributed by atoms with Gasteiger partial charge in [0.25, 0.3) is 0 Å². The highest BCUT2D eigenvalue weighted by atomic mass is 16.5. The minimum absolute atomic E-state index is 0.00381. The van der Waals surface area contributed by atoms with Crippen LogP contribution in [0.15, 0.2) is 36.4 Å². The number of phenolic OH excluding ortho intramolecular Hbond substituents is 1. The summed E-state index contributed by atoms with van der Waals surface area (Å²) in [5.41, 5.74) is 1.70. The number of carbonyl (C=O) groups excluding carboxylic acids is 4. The van der Waals surface area contributed by atoms with Crippen molar-refractivity contribution in [2.24, 2.45) is 0 Å². The number of hydrogen-bond acceptors (Lipinski definition) is 8. The second kappa shape index (κ2) is 11.4. The lowest BCUT2D eigenvalue weighted by Gasteiger charge is -2.27. The molecule has 2 aromatic carbocycles. The van der Waals surface area contributed by atoms with Crippen LogP contribution >= 0.6 is 0 Å². The van der Waals surface area contributed by atoms with Gasteiger partial charge in [-0.25, -0.2) is 9.59 Å². The molecule has 194 valence electrons. The molecule has 1 N–H and O–H groups in total. The Hall–Kier alpha value is -3.94. The largest absolute Gasteiger partial charge is 0.507 e. The summed E-state index contributed by atoms with van der Waals surface area (Å²) in [5, 5.41) is 11.4.